The van der Waals surface area contributed by atoms with Gasteiger partial charge >= 0.3 is 0 Å². The minimum atomic E-state index is -3.08. The third kappa shape index (κ3) is 1.77. The number of rotatable bonds is 2. The van der Waals surface area contributed by atoms with Crippen molar-refractivity contribution in [1.29, 1.82) is 0 Å². The van der Waals surface area contributed by atoms with Crippen LogP contribution in [0.4, 0.5) is 19.0 Å². The molecule has 0 amide bonds. The predicted molar refractivity (Wildman–Crippen MR) is 39.0 cm³/mol. The van der Waals surface area contributed by atoms with Crippen molar-refractivity contribution in [2.24, 2.45) is 0 Å². The van der Waals surface area contributed by atoms with Gasteiger partial charge in [0, 0.05) is 0 Å². The number of hydrogen-bond acceptors (Lipinski definition) is 3. The van der Waals surface area contributed by atoms with Crippen LogP contribution in [0.1, 0.15) is 22.5 Å². The van der Waals surface area contributed by atoms with Crippen LogP contribution in [0.25, 0.3) is 0 Å². The molecule has 1 heterocycles. The van der Waals surface area contributed by atoms with Crippen molar-refractivity contribution in [2.75, 3.05) is 5.73 Å². The van der Waals surface area contributed by atoms with Gasteiger partial charge in [0.25, 0.3) is 6.43 Å². The van der Waals surface area contributed by atoms with Gasteiger partial charge in [-0.1, -0.05) is 0 Å². The summed E-state index contributed by atoms with van der Waals surface area (Å²) in [5.74, 6) is -1.63. The smallest absolute Gasteiger partial charge is 0.283 e. The maximum absolute atomic E-state index is 12.9. The van der Waals surface area contributed by atoms with Crippen LogP contribution < -0.4 is 5.73 Å². The Labute approximate surface area is 71.4 Å². The second-order valence-electron chi connectivity index (χ2n) is 2.25. The van der Waals surface area contributed by atoms with Crippen LogP contribution in [-0.2, 0) is 0 Å². The zero-order chi connectivity index (χ0) is 10.0. The highest BCUT2D eigenvalue weighted by Gasteiger charge is 2.19. The molecule has 1 aromatic rings. The minimum absolute atomic E-state index is 0.110. The fraction of sp³-hybridized carbons (Fsp3) is 0.143. The number of alkyl halides is 2. The van der Waals surface area contributed by atoms with E-state index in [1.165, 1.54) is 0 Å². The van der Waals surface area contributed by atoms with Gasteiger partial charge in [-0.05, 0) is 6.07 Å². The lowest BCUT2D eigenvalue weighted by atomic mass is 10.2. The summed E-state index contributed by atoms with van der Waals surface area (Å²) in [5.41, 5.74) is 3.47. The van der Waals surface area contributed by atoms with Gasteiger partial charge in [-0.3, -0.25) is 4.79 Å². The first-order valence-electron chi connectivity index (χ1n) is 3.25. The monoisotopic (exact) mass is 190 g/mol. The van der Waals surface area contributed by atoms with E-state index < -0.39 is 23.5 Å². The predicted octanol–water partition coefficient (Wildman–Crippen LogP) is 1.55. The van der Waals surface area contributed by atoms with Crippen molar-refractivity contribution in [1.82, 2.24) is 4.98 Å². The first-order chi connectivity index (χ1) is 6.06. The molecule has 0 bridgehead atoms. The third-order valence-electron chi connectivity index (χ3n) is 1.36. The topological polar surface area (TPSA) is 56.0 Å². The summed E-state index contributed by atoms with van der Waals surface area (Å²) in [7, 11) is 0. The van der Waals surface area contributed by atoms with Gasteiger partial charge in [0.05, 0.1) is 5.56 Å². The van der Waals surface area contributed by atoms with Crippen LogP contribution in [0.15, 0.2) is 6.07 Å². The molecule has 0 aromatic carbocycles. The number of nitrogens with two attached hydrogens (primary N) is 1. The van der Waals surface area contributed by atoms with Crippen molar-refractivity contribution in [2.45, 2.75) is 6.43 Å². The Morgan fingerprint density at radius 1 is 1.54 bits per heavy atom. The molecular formula is C7H5F3N2O. The molecule has 0 saturated heterocycles. The molecule has 0 spiro atoms. The van der Waals surface area contributed by atoms with E-state index >= 15 is 0 Å². The normalized spacial score (nSPS) is 10.5. The highest BCUT2D eigenvalue weighted by molar-refractivity contribution is 5.76. The van der Waals surface area contributed by atoms with Gasteiger partial charge in [-0.2, -0.15) is 0 Å². The van der Waals surface area contributed by atoms with Crippen LogP contribution in [0.3, 0.4) is 0 Å². The molecule has 0 aliphatic heterocycles. The maximum atomic E-state index is 12.9. The molecule has 0 unspecified atom stereocenters. The lowest BCUT2D eigenvalue weighted by Gasteiger charge is -2.03. The Balaban J connectivity index is 3.35. The lowest BCUT2D eigenvalue weighted by Crippen LogP contribution is -2.04. The van der Waals surface area contributed by atoms with E-state index in [9.17, 15) is 18.0 Å². The van der Waals surface area contributed by atoms with E-state index in [2.05, 4.69) is 4.98 Å². The van der Waals surface area contributed by atoms with Crippen molar-refractivity contribution in [3.8, 4) is 0 Å². The average Bonchev–Trinajstić information content (AvgIpc) is 2.08. The number of pyridine rings is 1. The van der Waals surface area contributed by atoms with E-state index in [0.29, 0.717) is 0 Å². The standard InChI is InChI=1S/C7H5F3N2O/c8-5-3(2-13)1-4(11)12-6(5)7(9)10/h1-2,7H,(H2,11,12). The van der Waals surface area contributed by atoms with Crippen molar-refractivity contribution in [3.63, 3.8) is 0 Å². The van der Waals surface area contributed by atoms with E-state index in [4.69, 9.17) is 5.73 Å². The summed E-state index contributed by atoms with van der Waals surface area (Å²) in [4.78, 5) is 13.3. The number of nitrogen functional groups attached to an aromatic ring is 1. The number of carbonyl (C=O) groups excluding carboxylic acids is 1. The molecule has 13 heavy (non-hydrogen) atoms. The van der Waals surface area contributed by atoms with E-state index in [-0.39, 0.29) is 12.1 Å². The fourth-order valence-electron chi connectivity index (χ4n) is 0.821. The second kappa shape index (κ2) is 3.42. The van der Waals surface area contributed by atoms with E-state index in [1.807, 2.05) is 0 Å². The van der Waals surface area contributed by atoms with Gasteiger partial charge < -0.3 is 5.73 Å². The number of aldehydes is 1. The summed E-state index contributed by atoms with van der Waals surface area (Å²) >= 11 is 0. The van der Waals surface area contributed by atoms with Crippen molar-refractivity contribution in [3.05, 3.63) is 23.1 Å². The van der Waals surface area contributed by atoms with Crippen LogP contribution in [-0.4, -0.2) is 11.3 Å². The molecule has 1 aromatic heterocycles. The van der Waals surface area contributed by atoms with Gasteiger partial charge in [-0.15, -0.1) is 0 Å². The summed E-state index contributed by atoms with van der Waals surface area (Å²) in [5, 5.41) is 0. The summed E-state index contributed by atoms with van der Waals surface area (Å²) in [6.45, 7) is 0. The number of halogens is 3. The Hall–Kier alpha value is -1.59. The number of nitrogens with zero attached hydrogens (tertiary/aromatic N) is 1. The van der Waals surface area contributed by atoms with Gasteiger partial charge in [0.1, 0.15) is 11.5 Å². The summed E-state index contributed by atoms with van der Waals surface area (Å²) in [6, 6.07) is 0.897. The van der Waals surface area contributed by atoms with Crippen LogP contribution in [0, 0.1) is 5.82 Å². The summed E-state index contributed by atoms with van der Waals surface area (Å²) < 4.78 is 37.0. The van der Waals surface area contributed by atoms with E-state index in [0.717, 1.165) is 6.07 Å². The van der Waals surface area contributed by atoms with Gasteiger partial charge in [-0.25, -0.2) is 18.2 Å². The summed E-state index contributed by atoms with van der Waals surface area (Å²) in [6.07, 6.45) is -2.97. The Morgan fingerprint density at radius 3 is 2.62 bits per heavy atom. The molecular weight excluding hydrogens is 185 g/mol. The molecule has 0 aliphatic rings. The second-order valence-corrected chi connectivity index (χ2v) is 2.25. The van der Waals surface area contributed by atoms with Crippen LogP contribution >= 0.6 is 0 Å². The van der Waals surface area contributed by atoms with E-state index in [1.54, 1.807) is 0 Å². The highest BCUT2D eigenvalue weighted by Crippen LogP contribution is 2.22. The Bertz CT molecular complexity index is 341. The fourth-order valence-corrected chi connectivity index (χ4v) is 0.821. The lowest BCUT2D eigenvalue weighted by molar-refractivity contribution is 0.111. The molecule has 0 aliphatic carbocycles. The quantitative estimate of drug-likeness (QED) is 0.720. The van der Waals surface area contributed by atoms with Crippen LogP contribution in [0.5, 0.6) is 0 Å². The Morgan fingerprint density at radius 2 is 2.15 bits per heavy atom. The molecule has 3 nitrogen and oxygen atoms in total. The zero-order valence-electron chi connectivity index (χ0n) is 6.30. The molecule has 2 N–H and O–H groups in total. The first-order valence-corrected chi connectivity index (χ1v) is 3.25. The van der Waals surface area contributed by atoms with Crippen molar-refractivity contribution >= 4 is 12.1 Å². The highest BCUT2D eigenvalue weighted by atomic mass is 19.3. The molecule has 0 fully saturated rings. The minimum Gasteiger partial charge on any atom is -0.384 e. The van der Waals surface area contributed by atoms with Gasteiger partial charge in [0.15, 0.2) is 12.1 Å². The number of carbonyl (C=O) groups is 1. The number of aromatic nitrogens is 1. The van der Waals surface area contributed by atoms with Gasteiger partial charge in [0.2, 0.25) is 0 Å². The number of hydrogen-bond donors (Lipinski definition) is 1. The largest absolute Gasteiger partial charge is 0.384 e. The number of anilines is 1. The van der Waals surface area contributed by atoms with Crippen LogP contribution in [0.2, 0.25) is 0 Å². The maximum Gasteiger partial charge on any atom is 0.283 e. The molecule has 0 saturated carbocycles. The third-order valence-corrected chi connectivity index (χ3v) is 1.36. The molecule has 70 valence electrons. The first kappa shape index (κ1) is 9.50. The molecule has 0 radical (unpaired) electrons. The SMILES string of the molecule is Nc1cc(C=O)c(F)c(C(F)F)n1. The zero-order valence-corrected chi connectivity index (χ0v) is 6.30. The molecule has 0 atom stereocenters. The molecule has 1 rings (SSSR count). The Kier molecular flexibility index (Phi) is 2.50. The average molecular weight is 190 g/mol. The molecule has 6 heteroatoms. The van der Waals surface area contributed by atoms with Crippen molar-refractivity contribution < 1.29 is 18.0 Å².